The summed E-state index contributed by atoms with van der Waals surface area (Å²) in [6, 6.07) is 8.72. The van der Waals surface area contributed by atoms with Crippen molar-refractivity contribution >= 4 is 17.5 Å². The third-order valence-corrected chi connectivity index (χ3v) is 5.53. The van der Waals surface area contributed by atoms with Gasteiger partial charge < -0.3 is 5.32 Å². The summed E-state index contributed by atoms with van der Waals surface area (Å²) in [5.41, 5.74) is 2.39. The first-order valence-electron chi connectivity index (χ1n) is 9.69. The number of hydrogen-bond acceptors (Lipinski definition) is 3. The quantitative estimate of drug-likeness (QED) is 0.397. The topological polar surface area (TPSA) is 29.1 Å². The summed E-state index contributed by atoms with van der Waals surface area (Å²) in [6.07, 6.45) is 1.95. The lowest BCUT2D eigenvalue weighted by atomic mass is 9.97. The van der Waals surface area contributed by atoms with Gasteiger partial charge in [-0.2, -0.15) is 0 Å². The van der Waals surface area contributed by atoms with Crippen LogP contribution in [-0.2, 0) is 4.79 Å². The molecule has 0 aromatic heterocycles. The molecule has 0 spiro atoms. The maximum Gasteiger partial charge on any atom is 0.152 e. The fraction of sp³-hybridized carbons (Fsp3) is 0.609. The number of carbonyl (C=O) groups excluding carboxylic acids is 1. The lowest BCUT2D eigenvalue weighted by Gasteiger charge is -2.21. The Morgan fingerprint density at radius 1 is 1.19 bits per heavy atom. The standard InChI is InChI=1S/C12H18S.C11H21NO/c1-5-12(3,4)13-11-8-6-10(2)7-9-11;1-6-12-10(7-8(2)3)11(13)9(4)5/h6-9H,5H2,1-4H3;9-10,12H,2,6-7H2,1,3-5H3/t;10-/m.0/s1. The minimum Gasteiger partial charge on any atom is -0.307 e. The van der Waals surface area contributed by atoms with Gasteiger partial charge >= 0.3 is 0 Å². The number of benzene rings is 1. The van der Waals surface area contributed by atoms with Crippen LogP contribution < -0.4 is 5.32 Å². The molecule has 0 aliphatic rings. The molecule has 1 N–H and O–H groups in total. The van der Waals surface area contributed by atoms with Crippen LogP contribution >= 0.6 is 11.8 Å². The highest BCUT2D eigenvalue weighted by atomic mass is 32.2. The molecule has 0 amide bonds. The highest BCUT2D eigenvalue weighted by Crippen LogP contribution is 2.34. The number of carbonyl (C=O) groups is 1. The van der Waals surface area contributed by atoms with Crippen molar-refractivity contribution in [1.82, 2.24) is 5.32 Å². The van der Waals surface area contributed by atoms with Crippen LogP contribution in [0.5, 0.6) is 0 Å². The van der Waals surface area contributed by atoms with Gasteiger partial charge in [-0.05, 0) is 45.4 Å². The number of Topliss-reactive ketones (excluding diaryl/α,β-unsaturated/α-hetero) is 1. The van der Waals surface area contributed by atoms with Gasteiger partial charge in [0, 0.05) is 15.6 Å². The van der Waals surface area contributed by atoms with Gasteiger partial charge in [0.15, 0.2) is 5.78 Å². The minimum atomic E-state index is -0.0394. The molecule has 0 heterocycles. The van der Waals surface area contributed by atoms with Crippen LogP contribution in [0.1, 0.15) is 66.9 Å². The molecule has 1 atom stereocenters. The first-order chi connectivity index (χ1) is 12.0. The van der Waals surface area contributed by atoms with Crippen molar-refractivity contribution in [2.24, 2.45) is 5.92 Å². The smallest absolute Gasteiger partial charge is 0.152 e. The molecular weight excluding hydrogens is 338 g/mol. The average Bonchev–Trinajstić information content (AvgIpc) is 2.56. The second-order valence-corrected chi connectivity index (χ2v) is 9.64. The molecule has 0 aliphatic heterocycles. The number of thioether (sulfide) groups is 1. The Bertz CT molecular complexity index is 546. The van der Waals surface area contributed by atoms with Gasteiger partial charge in [0.25, 0.3) is 0 Å². The lowest BCUT2D eigenvalue weighted by Crippen LogP contribution is -2.39. The van der Waals surface area contributed by atoms with Gasteiger partial charge in [-0.3, -0.25) is 4.79 Å². The zero-order chi connectivity index (χ0) is 20.3. The Hall–Kier alpha value is -1.06. The summed E-state index contributed by atoms with van der Waals surface area (Å²) in [5.74, 6) is 0.383. The molecule has 1 aromatic rings. The molecule has 1 aromatic carbocycles. The molecule has 0 unspecified atom stereocenters. The normalized spacial score (nSPS) is 12.3. The molecule has 0 saturated carbocycles. The monoisotopic (exact) mass is 377 g/mol. The summed E-state index contributed by atoms with van der Waals surface area (Å²) < 4.78 is 0.356. The van der Waals surface area contributed by atoms with E-state index in [-0.39, 0.29) is 17.7 Å². The van der Waals surface area contributed by atoms with E-state index in [2.05, 4.69) is 63.9 Å². The van der Waals surface area contributed by atoms with Crippen LogP contribution in [0.4, 0.5) is 0 Å². The predicted octanol–water partition coefficient (Wildman–Crippen LogP) is 6.43. The van der Waals surface area contributed by atoms with Crippen LogP contribution in [0.15, 0.2) is 41.3 Å². The van der Waals surface area contributed by atoms with E-state index in [1.54, 1.807) is 0 Å². The Morgan fingerprint density at radius 3 is 2.12 bits per heavy atom. The third-order valence-electron chi connectivity index (χ3n) is 4.18. The molecule has 3 heteroatoms. The van der Waals surface area contributed by atoms with Gasteiger partial charge in [0.2, 0.25) is 0 Å². The van der Waals surface area contributed by atoms with Crippen molar-refractivity contribution in [3.05, 3.63) is 42.0 Å². The Labute approximate surface area is 166 Å². The van der Waals surface area contributed by atoms with E-state index in [1.807, 2.05) is 39.5 Å². The van der Waals surface area contributed by atoms with Gasteiger partial charge in [-0.15, -0.1) is 18.3 Å². The van der Waals surface area contributed by atoms with Crippen molar-refractivity contribution in [2.45, 2.75) is 83.9 Å². The van der Waals surface area contributed by atoms with Crippen molar-refractivity contribution in [3.63, 3.8) is 0 Å². The van der Waals surface area contributed by atoms with E-state index < -0.39 is 0 Å². The maximum absolute atomic E-state index is 11.7. The first kappa shape index (κ1) is 24.9. The van der Waals surface area contributed by atoms with Gasteiger partial charge in [-0.25, -0.2) is 0 Å². The van der Waals surface area contributed by atoms with Crippen molar-refractivity contribution in [2.75, 3.05) is 6.54 Å². The second-order valence-electron chi connectivity index (χ2n) is 7.86. The SMILES string of the molecule is C=C(C)C[C@H](NCC)C(=O)C(C)C.CCC(C)(C)Sc1ccc(C)cc1. The molecule has 0 bridgehead atoms. The molecule has 0 radical (unpaired) electrons. The summed E-state index contributed by atoms with van der Waals surface area (Å²) in [7, 11) is 0. The number of hydrogen-bond donors (Lipinski definition) is 1. The fourth-order valence-corrected chi connectivity index (χ4v) is 3.32. The molecule has 0 fully saturated rings. The largest absolute Gasteiger partial charge is 0.307 e. The Balaban J connectivity index is 0.000000481. The van der Waals surface area contributed by atoms with Gasteiger partial charge in [0.1, 0.15) is 0 Å². The third kappa shape index (κ3) is 10.8. The van der Waals surface area contributed by atoms with Crippen LogP contribution in [0, 0.1) is 12.8 Å². The number of aryl methyl sites for hydroxylation is 1. The van der Waals surface area contributed by atoms with Crippen LogP contribution in [-0.4, -0.2) is 23.1 Å². The van der Waals surface area contributed by atoms with E-state index in [0.29, 0.717) is 4.75 Å². The second kappa shape index (κ2) is 12.3. The fourth-order valence-electron chi connectivity index (χ4n) is 2.27. The van der Waals surface area contributed by atoms with E-state index in [1.165, 1.54) is 16.9 Å². The number of likely N-dealkylation sites (N-methyl/N-ethyl adjacent to an activating group) is 1. The molecule has 148 valence electrons. The van der Waals surface area contributed by atoms with Crippen LogP contribution in [0.25, 0.3) is 0 Å². The molecule has 1 rings (SSSR count). The Morgan fingerprint density at radius 2 is 1.73 bits per heavy atom. The van der Waals surface area contributed by atoms with E-state index in [0.717, 1.165) is 18.5 Å². The zero-order valence-electron chi connectivity index (χ0n) is 18.1. The molecule has 0 aliphatic carbocycles. The zero-order valence-corrected chi connectivity index (χ0v) is 18.9. The summed E-state index contributed by atoms with van der Waals surface area (Å²) >= 11 is 1.95. The number of ketones is 1. The summed E-state index contributed by atoms with van der Waals surface area (Å²) in [6.45, 7) is 21.4. The molecule has 0 saturated heterocycles. The van der Waals surface area contributed by atoms with Crippen LogP contribution in [0.3, 0.4) is 0 Å². The summed E-state index contributed by atoms with van der Waals surface area (Å²) in [4.78, 5) is 13.0. The predicted molar refractivity (Wildman–Crippen MR) is 118 cm³/mol. The van der Waals surface area contributed by atoms with Gasteiger partial charge in [0.05, 0.1) is 6.04 Å². The maximum atomic E-state index is 11.7. The van der Waals surface area contributed by atoms with E-state index >= 15 is 0 Å². The van der Waals surface area contributed by atoms with Crippen molar-refractivity contribution in [1.29, 1.82) is 0 Å². The molecule has 26 heavy (non-hydrogen) atoms. The lowest BCUT2D eigenvalue weighted by molar-refractivity contribution is -0.123. The average molecular weight is 378 g/mol. The molecular formula is C23H39NOS. The number of rotatable bonds is 9. The summed E-state index contributed by atoms with van der Waals surface area (Å²) in [5, 5.41) is 3.18. The number of nitrogens with one attached hydrogen (secondary N) is 1. The molecule has 2 nitrogen and oxygen atoms in total. The van der Waals surface area contributed by atoms with E-state index in [4.69, 9.17) is 0 Å². The minimum absolute atomic E-state index is 0.0394. The van der Waals surface area contributed by atoms with Crippen molar-refractivity contribution < 1.29 is 4.79 Å². The van der Waals surface area contributed by atoms with Crippen molar-refractivity contribution in [3.8, 4) is 0 Å². The first-order valence-corrected chi connectivity index (χ1v) is 10.5. The van der Waals surface area contributed by atoms with E-state index in [9.17, 15) is 4.79 Å². The highest BCUT2D eigenvalue weighted by molar-refractivity contribution is 8.00. The van der Waals surface area contributed by atoms with Gasteiger partial charge in [-0.1, -0.05) is 64.8 Å². The highest BCUT2D eigenvalue weighted by Gasteiger charge is 2.19. The Kier molecular flexibility index (Phi) is 11.8. The van der Waals surface area contributed by atoms with Crippen LogP contribution in [0.2, 0.25) is 0 Å².